The van der Waals surface area contributed by atoms with Gasteiger partial charge in [0.05, 0.1) is 23.9 Å². The van der Waals surface area contributed by atoms with Crippen molar-refractivity contribution in [3.05, 3.63) is 54.9 Å². The predicted octanol–water partition coefficient (Wildman–Crippen LogP) is 2.81. The van der Waals surface area contributed by atoms with Gasteiger partial charge in [-0.3, -0.25) is 0 Å². The van der Waals surface area contributed by atoms with Crippen LogP contribution in [0.3, 0.4) is 0 Å². The molecular formula is C13H8F2N4. The average molecular weight is 258 g/mol. The molecule has 0 aliphatic carbocycles. The Balaban J connectivity index is 2.21. The lowest BCUT2D eigenvalue weighted by Gasteiger charge is -2.07. The fourth-order valence-corrected chi connectivity index (χ4v) is 1.83. The van der Waals surface area contributed by atoms with Gasteiger partial charge in [0, 0.05) is 23.4 Å². The van der Waals surface area contributed by atoms with E-state index < -0.39 is 11.6 Å². The van der Waals surface area contributed by atoms with Crippen molar-refractivity contribution >= 4 is 0 Å². The maximum atomic E-state index is 13.8. The quantitative estimate of drug-likeness (QED) is 0.769. The average Bonchev–Trinajstić information content (AvgIpc) is 2.93. The van der Waals surface area contributed by atoms with E-state index in [-0.39, 0.29) is 5.56 Å². The molecule has 1 aromatic carbocycles. The molecule has 3 aromatic rings. The highest BCUT2D eigenvalue weighted by Crippen LogP contribution is 2.29. The fraction of sp³-hybridized carbons (Fsp3) is 0. The number of nitrogens with zero attached hydrogens (tertiary/aromatic N) is 3. The van der Waals surface area contributed by atoms with Gasteiger partial charge >= 0.3 is 0 Å². The van der Waals surface area contributed by atoms with Crippen LogP contribution in [0.1, 0.15) is 0 Å². The van der Waals surface area contributed by atoms with Crippen molar-refractivity contribution in [2.75, 3.05) is 0 Å². The third kappa shape index (κ3) is 2.08. The van der Waals surface area contributed by atoms with Crippen LogP contribution in [0, 0.1) is 11.6 Å². The lowest BCUT2D eigenvalue weighted by Crippen LogP contribution is -1.94. The van der Waals surface area contributed by atoms with E-state index in [2.05, 4.69) is 19.9 Å². The molecule has 0 aliphatic heterocycles. The van der Waals surface area contributed by atoms with E-state index in [1.54, 1.807) is 12.4 Å². The van der Waals surface area contributed by atoms with Crippen molar-refractivity contribution in [1.29, 1.82) is 0 Å². The Morgan fingerprint density at radius 1 is 1.00 bits per heavy atom. The number of halogens is 2. The molecule has 0 atom stereocenters. The van der Waals surface area contributed by atoms with Crippen molar-refractivity contribution in [3.63, 3.8) is 0 Å². The summed E-state index contributed by atoms with van der Waals surface area (Å²) in [4.78, 5) is 14.8. The van der Waals surface area contributed by atoms with Crippen LogP contribution >= 0.6 is 0 Å². The van der Waals surface area contributed by atoms with Crippen molar-refractivity contribution in [2.24, 2.45) is 0 Å². The lowest BCUT2D eigenvalue weighted by atomic mass is 10.0. The molecule has 0 aliphatic rings. The Bertz CT molecular complexity index is 710. The molecule has 0 radical (unpaired) electrons. The van der Waals surface area contributed by atoms with Gasteiger partial charge < -0.3 is 4.98 Å². The van der Waals surface area contributed by atoms with E-state index in [1.165, 1.54) is 24.8 Å². The van der Waals surface area contributed by atoms with Gasteiger partial charge in [-0.2, -0.15) is 0 Å². The molecule has 2 aromatic heterocycles. The van der Waals surface area contributed by atoms with E-state index >= 15 is 0 Å². The van der Waals surface area contributed by atoms with Crippen LogP contribution in [0.25, 0.3) is 22.5 Å². The third-order valence-electron chi connectivity index (χ3n) is 2.69. The first kappa shape index (κ1) is 11.5. The van der Waals surface area contributed by atoms with Crippen LogP contribution < -0.4 is 0 Å². The molecule has 6 heteroatoms. The number of hydrogen-bond acceptors (Lipinski definition) is 3. The SMILES string of the molecule is Fc1ccc(-c2ncncc2-c2cnc[nH]2)c(F)c1. The van der Waals surface area contributed by atoms with Crippen LogP contribution in [0.2, 0.25) is 0 Å². The van der Waals surface area contributed by atoms with Crippen LogP contribution in [0.4, 0.5) is 8.78 Å². The maximum Gasteiger partial charge on any atom is 0.135 e. The fourth-order valence-electron chi connectivity index (χ4n) is 1.83. The van der Waals surface area contributed by atoms with Gasteiger partial charge in [-0.25, -0.2) is 23.7 Å². The number of aromatic nitrogens is 4. The Labute approximate surface area is 107 Å². The van der Waals surface area contributed by atoms with E-state index in [0.717, 1.165) is 6.07 Å². The number of aromatic amines is 1. The zero-order valence-electron chi connectivity index (χ0n) is 9.64. The topological polar surface area (TPSA) is 54.5 Å². The van der Waals surface area contributed by atoms with Crippen LogP contribution in [0.5, 0.6) is 0 Å². The minimum atomic E-state index is -0.667. The smallest absolute Gasteiger partial charge is 0.135 e. The molecule has 0 unspecified atom stereocenters. The predicted molar refractivity (Wildman–Crippen MR) is 65.0 cm³/mol. The normalized spacial score (nSPS) is 10.6. The number of hydrogen-bond donors (Lipinski definition) is 1. The third-order valence-corrected chi connectivity index (χ3v) is 2.69. The zero-order valence-corrected chi connectivity index (χ0v) is 9.64. The van der Waals surface area contributed by atoms with Gasteiger partial charge in [-0.1, -0.05) is 0 Å². The number of imidazole rings is 1. The summed E-state index contributed by atoms with van der Waals surface area (Å²) in [6, 6.07) is 3.37. The molecule has 0 fully saturated rings. The molecule has 94 valence electrons. The first-order valence-corrected chi connectivity index (χ1v) is 5.50. The molecule has 19 heavy (non-hydrogen) atoms. The molecule has 0 saturated carbocycles. The highest BCUT2D eigenvalue weighted by molar-refractivity contribution is 5.78. The Hall–Kier alpha value is -2.63. The highest BCUT2D eigenvalue weighted by Gasteiger charge is 2.14. The molecule has 4 nitrogen and oxygen atoms in total. The summed E-state index contributed by atoms with van der Waals surface area (Å²) in [5, 5.41) is 0. The summed E-state index contributed by atoms with van der Waals surface area (Å²) < 4.78 is 26.8. The first-order chi connectivity index (χ1) is 9.25. The number of benzene rings is 1. The second-order valence-corrected chi connectivity index (χ2v) is 3.87. The van der Waals surface area contributed by atoms with Crippen molar-refractivity contribution in [2.45, 2.75) is 0 Å². The Morgan fingerprint density at radius 3 is 2.63 bits per heavy atom. The van der Waals surface area contributed by atoms with Gasteiger partial charge in [0.2, 0.25) is 0 Å². The Kier molecular flexibility index (Phi) is 2.75. The molecular weight excluding hydrogens is 250 g/mol. The van der Waals surface area contributed by atoms with Crippen LogP contribution in [-0.4, -0.2) is 19.9 Å². The van der Waals surface area contributed by atoms with Crippen molar-refractivity contribution in [1.82, 2.24) is 19.9 Å². The minimum Gasteiger partial charge on any atom is -0.345 e. The summed E-state index contributed by atoms with van der Waals surface area (Å²) in [5.74, 6) is -1.29. The van der Waals surface area contributed by atoms with Gasteiger partial charge in [-0.15, -0.1) is 0 Å². The molecule has 0 bridgehead atoms. The largest absolute Gasteiger partial charge is 0.345 e. The molecule has 3 rings (SSSR count). The molecule has 2 heterocycles. The molecule has 1 N–H and O–H groups in total. The van der Waals surface area contributed by atoms with E-state index in [4.69, 9.17) is 0 Å². The summed E-state index contributed by atoms with van der Waals surface area (Å²) in [6.45, 7) is 0. The summed E-state index contributed by atoms with van der Waals surface area (Å²) >= 11 is 0. The summed E-state index contributed by atoms with van der Waals surface area (Å²) in [6.07, 6.45) is 5.97. The summed E-state index contributed by atoms with van der Waals surface area (Å²) in [7, 11) is 0. The first-order valence-electron chi connectivity index (χ1n) is 5.50. The Morgan fingerprint density at radius 2 is 1.89 bits per heavy atom. The monoisotopic (exact) mass is 258 g/mol. The van der Waals surface area contributed by atoms with Crippen LogP contribution in [-0.2, 0) is 0 Å². The van der Waals surface area contributed by atoms with Gasteiger partial charge in [0.25, 0.3) is 0 Å². The van der Waals surface area contributed by atoms with E-state index in [9.17, 15) is 8.78 Å². The summed E-state index contributed by atoms with van der Waals surface area (Å²) in [5.41, 5.74) is 1.87. The second kappa shape index (κ2) is 4.56. The van der Waals surface area contributed by atoms with Crippen molar-refractivity contribution in [3.8, 4) is 22.5 Å². The molecule has 0 saturated heterocycles. The minimum absolute atomic E-state index is 0.216. The van der Waals surface area contributed by atoms with Gasteiger partial charge in [0.15, 0.2) is 0 Å². The lowest BCUT2D eigenvalue weighted by molar-refractivity contribution is 0.585. The maximum absolute atomic E-state index is 13.8. The molecule has 0 spiro atoms. The van der Waals surface area contributed by atoms with Gasteiger partial charge in [-0.05, 0) is 12.1 Å². The number of nitrogens with one attached hydrogen (secondary N) is 1. The highest BCUT2D eigenvalue weighted by atomic mass is 19.1. The number of H-pyrrole nitrogens is 1. The number of rotatable bonds is 2. The van der Waals surface area contributed by atoms with E-state index in [1.807, 2.05) is 0 Å². The molecule has 0 amide bonds. The van der Waals surface area contributed by atoms with Crippen LogP contribution in [0.15, 0.2) is 43.2 Å². The zero-order chi connectivity index (χ0) is 13.2. The van der Waals surface area contributed by atoms with Gasteiger partial charge in [0.1, 0.15) is 18.0 Å². The standard InChI is InChI=1S/C13H8F2N4/c14-8-1-2-9(11(15)3-8)13-10(4-16-7-19-13)12-5-17-6-18-12/h1-7H,(H,17,18). The van der Waals surface area contributed by atoms with Crippen molar-refractivity contribution < 1.29 is 8.78 Å². The second-order valence-electron chi connectivity index (χ2n) is 3.87. The van der Waals surface area contributed by atoms with E-state index in [0.29, 0.717) is 17.0 Å².